The quantitative estimate of drug-likeness (QED) is 0.769. The fourth-order valence-corrected chi connectivity index (χ4v) is 3.96. The van der Waals surface area contributed by atoms with Crippen molar-refractivity contribution in [2.45, 2.75) is 44.6 Å². The second kappa shape index (κ2) is 7.75. The molecule has 3 rings (SSSR count). The predicted molar refractivity (Wildman–Crippen MR) is 93.1 cm³/mol. The Bertz CT molecular complexity index is 558. The lowest BCUT2D eigenvalue weighted by Gasteiger charge is -2.39. The van der Waals surface area contributed by atoms with Gasteiger partial charge in [0.25, 0.3) is 5.91 Å². The summed E-state index contributed by atoms with van der Waals surface area (Å²) in [4.78, 5) is 17.2. The Morgan fingerprint density at radius 2 is 1.83 bits per heavy atom. The molecule has 0 spiro atoms. The Kier molecular flexibility index (Phi) is 5.70. The maximum Gasteiger partial charge on any atom is 0.254 e. The summed E-state index contributed by atoms with van der Waals surface area (Å²) in [5, 5.41) is 0. The standard InChI is InChI=1S/C18H24BrFN2O/c19-16-8-7-14(12-17(16)20)18(23)22-11-5-6-15(13-22)21-9-3-1-2-4-10-21/h7-8,12,15H,1-6,9-11,13H2. The number of benzene rings is 1. The number of piperidine rings is 1. The van der Waals surface area contributed by atoms with Gasteiger partial charge in [-0.15, -0.1) is 0 Å². The van der Waals surface area contributed by atoms with E-state index >= 15 is 0 Å². The number of carbonyl (C=O) groups is 1. The maximum absolute atomic E-state index is 13.7. The molecule has 5 heteroatoms. The minimum absolute atomic E-state index is 0.0454. The van der Waals surface area contributed by atoms with Gasteiger partial charge in [0.2, 0.25) is 0 Å². The van der Waals surface area contributed by atoms with Crippen molar-refractivity contribution in [1.82, 2.24) is 9.80 Å². The van der Waals surface area contributed by atoms with Gasteiger partial charge in [-0.1, -0.05) is 12.8 Å². The highest BCUT2D eigenvalue weighted by Gasteiger charge is 2.28. The van der Waals surface area contributed by atoms with E-state index in [9.17, 15) is 9.18 Å². The number of carbonyl (C=O) groups excluding carboxylic acids is 1. The second-order valence-electron chi connectivity index (χ2n) is 6.63. The van der Waals surface area contributed by atoms with E-state index in [1.54, 1.807) is 12.1 Å². The first-order valence-corrected chi connectivity index (χ1v) is 9.43. The average molecular weight is 383 g/mol. The van der Waals surface area contributed by atoms with E-state index in [4.69, 9.17) is 0 Å². The van der Waals surface area contributed by atoms with Crippen LogP contribution in [0.1, 0.15) is 48.9 Å². The number of nitrogens with zero attached hydrogens (tertiary/aromatic N) is 2. The first-order valence-electron chi connectivity index (χ1n) is 8.63. The molecule has 0 radical (unpaired) electrons. The molecule has 2 saturated heterocycles. The SMILES string of the molecule is O=C(c1ccc(Br)c(F)c1)N1CCCC(N2CCCCCC2)C1. The highest BCUT2D eigenvalue weighted by atomic mass is 79.9. The highest BCUT2D eigenvalue weighted by molar-refractivity contribution is 9.10. The molecule has 2 heterocycles. The third-order valence-corrected chi connectivity index (χ3v) is 5.65. The third-order valence-electron chi connectivity index (χ3n) is 5.01. The van der Waals surface area contributed by atoms with Gasteiger partial charge in [-0.2, -0.15) is 0 Å². The van der Waals surface area contributed by atoms with E-state index in [2.05, 4.69) is 20.8 Å². The zero-order valence-electron chi connectivity index (χ0n) is 13.4. The summed E-state index contributed by atoms with van der Waals surface area (Å²) in [6, 6.07) is 5.11. The van der Waals surface area contributed by atoms with E-state index in [0.717, 1.165) is 32.6 Å². The van der Waals surface area contributed by atoms with Crippen molar-refractivity contribution in [3.05, 3.63) is 34.1 Å². The van der Waals surface area contributed by atoms with Crippen LogP contribution in [0.2, 0.25) is 0 Å². The number of hydrogen-bond donors (Lipinski definition) is 0. The van der Waals surface area contributed by atoms with Gasteiger partial charge in [0.15, 0.2) is 0 Å². The minimum atomic E-state index is -0.378. The molecule has 0 saturated carbocycles. The van der Waals surface area contributed by atoms with Crippen LogP contribution in [0.5, 0.6) is 0 Å². The Balaban J connectivity index is 1.67. The van der Waals surface area contributed by atoms with Crippen LogP contribution >= 0.6 is 15.9 Å². The number of halogens is 2. The van der Waals surface area contributed by atoms with Gasteiger partial charge in [-0.3, -0.25) is 9.69 Å². The van der Waals surface area contributed by atoms with Crippen LogP contribution in [0.25, 0.3) is 0 Å². The first-order chi connectivity index (χ1) is 11.1. The molecule has 0 bridgehead atoms. The van der Waals surface area contributed by atoms with E-state index in [1.807, 2.05) is 4.90 Å². The molecule has 1 atom stereocenters. The van der Waals surface area contributed by atoms with E-state index in [-0.39, 0.29) is 11.7 Å². The summed E-state index contributed by atoms with van der Waals surface area (Å²) in [5.41, 5.74) is 0.446. The topological polar surface area (TPSA) is 23.6 Å². The van der Waals surface area contributed by atoms with Crippen LogP contribution in [0.4, 0.5) is 4.39 Å². The summed E-state index contributed by atoms with van der Waals surface area (Å²) in [5.74, 6) is -0.423. The van der Waals surface area contributed by atoms with Crippen LogP contribution < -0.4 is 0 Å². The molecule has 3 nitrogen and oxygen atoms in total. The largest absolute Gasteiger partial charge is 0.337 e. The van der Waals surface area contributed by atoms with Gasteiger partial charge in [0.1, 0.15) is 5.82 Å². The highest BCUT2D eigenvalue weighted by Crippen LogP contribution is 2.23. The molecule has 2 aliphatic rings. The summed E-state index contributed by atoms with van der Waals surface area (Å²) in [6.45, 7) is 3.86. The summed E-state index contributed by atoms with van der Waals surface area (Å²) >= 11 is 3.14. The van der Waals surface area contributed by atoms with Gasteiger partial charge in [0.05, 0.1) is 4.47 Å². The number of amides is 1. The van der Waals surface area contributed by atoms with Crippen molar-refractivity contribution in [3.8, 4) is 0 Å². The van der Waals surface area contributed by atoms with Gasteiger partial charge >= 0.3 is 0 Å². The van der Waals surface area contributed by atoms with Crippen molar-refractivity contribution in [2.24, 2.45) is 0 Å². The zero-order valence-corrected chi connectivity index (χ0v) is 15.0. The van der Waals surface area contributed by atoms with Crippen LogP contribution in [0.15, 0.2) is 22.7 Å². The smallest absolute Gasteiger partial charge is 0.254 e. The molecule has 1 aromatic rings. The molecule has 1 amide bonds. The fraction of sp³-hybridized carbons (Fsp3) is 0.611. The van der Waals surface area contributed by atoms with Crippen molar-refractivity contribution >= 4 is 21.8 Å². The molecule has 23 heavy (non-hydrogen) atoms. The molecule has 1 aromatic carbocycles. The van der Waals surface area contributed by atoms with Crippen molar-refractivity contribution < 1.29 is 9.18 Å². The molecule has 126 valence electrons. The van der Waals surface area contributed by atoms with Crippen LogP contribution in [-0.2, 0) is 0 Å². The summed E-state index contributed by atoms with van der Waals surface area (Å²) in [6.07, 6.45) is 7.38. The van der Waals surface area contributed by atoms with Gasteiger partial charge in [0, 0.05) is 24.7 Å². The van der Waals surface area contributed by atoms with Gasteiger partial charge < -0.3 is 4.90 Å². The monoisotopic (exact) mass is 382 g/mol. The minimum Gasteiger partial charge on any atom is -0.337 e. The summed E-state index contributed by atoms with van der Waals surface area (Å²) in [7, 11) is 0. The lowest BCUT2D eigenvalue weighted by Crippen LogP contribution is -2.50. The van der Waals surface area contributed by atoms with Crippen LogP contribution in [-0.4, -0.2) is 47.9 Å². The molecule has 2 aliphatic heterocycles. The van der Waals surface area contributed by atoms with E-state index < -0.39 is 0 Å². The van der Waals surface area contributed by atoms with E-state index in [1.165, 1.54) is 38.2 Å². The number of rotatable bonds is 2. The Morgan fingerprint density at radius 1 is 1.09 bits per heavy atom. The molecule has 0 aromatic heterocycles. The zero-order chi connectivity index (χ0) is 16.2. The second-order valence-corrected chi connectivity index (χ2v) is 7.48. The molecule has 1 unspecified atom stereocenters. The Morgan fingerprint density at radius 3 is 2.52 bits per heavy atom. The lowest BCUT2D eigenvalue weighted by molar-refractivity contribution is 0.0578. The lowest BCUT2D eigenvalue weighted by atomic mass is 10.0. The maximum atomic E-state index is 13.7. The van der Waals surface area contributed by atoms with E-state index in [0.29, 0.717) is 16.1 Å². The van der Waals surface area contributed by atoms with Crippen molar-refractivity contribution in [2.75, 3.05) is 26.2 Å². The van der Waals surface area contributed by atoms with Gasteiger partial charge in [-0.05, 0) is 72.9 Å². The third kappa shape index (κ3) is 4.13. The van der Waals surface area contributed by atoms with Crippen LogP contribution in [0.3, 0.4) is 0 Å². The van der Waals surface area contributed by atoms with Crippen molar-refractivity contribution in [1.29, 1.82) is 0 Å². The Labute approximate surface area is 146 Å². The van der Waals surface area contributed by atoms with Crippen molar-refractivity contribution in [3.63, 3.8) is 0 Å². The molecular weight excluding hydrogens is 359 g/mol. The Hall–Kier alpha value is -0.940. The van der Waals surface area contributed by atoms with Gasteiger partial charge in [-0.25, -0.2) is 4.39 Å². The molecule has 0 aliphatic carbocycles. The number of likely N-dealkylation sites (tertiary alicyclic amines) is 2. The van der Waals surface area contributed by atoms with Crippen LogP contribution in [0, 0.1) is 5.82 Å². The predicted octanol–water partition coefficient (Wildman–Crippen LogP) is 4.07. The normalized spacial score (nSPS) is 23.6. The first kappa shape index (κ1) is 16.9. The molecular formula is C18H24BrFN2O. The average Bonchev–Trinajstić information content (AvgIpc) is 2.86. The fourth-order valence-electron chi connectivity index (χ4n) is 3.71. The molecule has 2 fully saturated rings. The number of hydrogen-bond acceptors (Lipinski definition) is 2. The molecule has 0 N–H and O–H groups in total. The summed E-state index contributed by atoms with van der Waals surface area (Å²) < 4.78 is 14.1.